The quantitative estimate of drug-likeness (QED) is 0.716. The van der Waals surface area contributed by atoms with Crippen LogP contribution in [0.3, 0.4) is 0 Å². The number of carboxylic acid groups (broad SMARTS) is 1. The van der Waals surface area contributed by atoms with Crippen LogP contribution in [-0.2, 0) is 11.2 Å². The minimum atomic E-state index is -0.782. The third kappa shape index (κ3) is 4.25. The number of aliphatic carboxylic acids is 1. The Morgan fingerprint density at radius 1 is 1.33 bits per heavy atom. The summed E-state index contributed by atoms with van der Waals surface area (Å²) in [5.74, 6) is 0.462. The maximum Gasteiger partial charge on any atom is 0.320 e. The van der Waals surface area contributed by atoms with Crippen molar-refractivity contribution in [3.8, 4) is 11.5 Å². The van der Waals surface area contributed by atoms with Gasteiger partial charge in [-0.15, -0.1) is 0 Å². The van der Waals surface area contributed by atoms with Crippen LogP contribution in [0, 0.1) is 0 Å². The molecule has 1 N–H and O–H groups in total. The minimum Gasteiger partial charge on any atom is -0.493 e. The molecule has 0 aliphatic carbocycles. The van der Waals surface area contributed by atoms with Gasteiger partial charge in [0, 0.05) is 28.8 Å². The largest absolute Gasteiger partial charge is 0.493 e. The van der Waals surface area contributed by atoms with E-state index in [4.69, 9.17) is 9.47 Å². The molecule has 1 fully saturated rings. The molecular weight excluding hydrogens is 412 g/mol. The van der Waals surface area contributed by atoms with Gasteiger partial charge in [0.2, 0.25) is 0 Å². The summed E-state index contributed by atoms with van der Waals surface area (Å²) in [4.78, 5) is 18.3. The highest BCUT2D eigenvalue weighted by atomic mass is 79.9. The Bertz CT molecular complexity index is 800. The van der Waals surface area contributed by atoms with E-state index in [0.29, 0.717) is 24.3 Å². The lowest BCUT2D eigenvalue weighted by Crippen LogP contribution is -2.39. The molecule has 2 unspecified atom stereocenters. The van der Waals surface area contributed by atoms with Gasteiger partial charge in [-0.2, -0.15) is 0 Å². The van der Waals surface area contributed by atoms with Crippen LogP contribution >= 0.6 is 15.9 Å². The van der Waals surface area contributed by atoms with E-state index >= 15 is 0 Å². The lowest BCUT2D eigenvalue weighted by molar-refractivity contribution is -0.143. The lowest BCUT2D eigenvalue weighted by Gasteiger charge is -2.32. The molecule has 2 aromatic rings. The molecule has 2 heterocycles. The summed E-state index contributed by atoms with van der Waals surface area (Å²) in [6, 6.07) is 8.94. The molecule has 27 heavy (non-hydrogen) atoms. The lowest BCUT2D eigenvalue weighted by atomic mass is 9.98. The molecular formula is C20H23BrN2O4. The van der Waals surface area contributed by atoms with Crippen LogP contribution in [0.5, 0.6) is 11.5 Å². The molecule has 1 aliphatic heterocycles. The highest BCUT2D eigenvalue weighted by molar-refractivity contribution is 9.10. The van der Waals surface area contributed by atoms with Gasteiger partial charge in [0.1, 0.15) is 6.04 Å². The average Bonchev–Trinajstić information content (AvgIpc) is 3.17. The third-order valence-electron chi connectivity index (χ3n) is 4.97. The van der Waals surface area contributed by atoms with Gasteiger partial charge in [0.25, 0.3) is 0 Å². The van der Waals surface area contributed by atoms with Crippen molar-refractivity contribution in [1.82, 2.24) is 9.88 Å². The number of hydrogen-bond acceptors (Lipinski definition) is 5. The number of ether oxygens (including phenoxy) is 2. The molecule has 1 aliphatic rings. The Kier molecular flexibility index (Phi) is 6.34. The number of hydrogen-bond donors (Lipinski definition) is 1. The number of benzene rings is 1. The predicted molar refractivity (Wildman–Crippen MR) is 105 cm³/mol. The van der Waals surface area contributed by atoms with Crippen molar-refractivity contribution in [2.75, 3.05) is 20.8 Å². The zero-order valence-corrected chi connectivity index (χ0v) is 17.0. The normalized spacial score (nSPS) is 18.3. The molecule has 0 radical (unpaired) electrons. The molecule has 0 bridgehead atoms. The van der Waals surface area contributed by atoms with Crippen LogP contribution in [0.4, 0.5) is 0 Å². The number of nitrogens with zero attached hydrogens (tertiary/aromatic N) is 2. The van der Waals surface area contributed by atoms with E-state index in [9.17, 15) is 9.90 Å². The number of halogens is 1. The fourth-order valence-electron chi connectivity index (χ4n) is 3.68. The second-order valence-corrected chi connectivity index (χ2v) is 7.36. The SMILES string of the molecule is COc1cc(Br)c(C(Cc2ccccn2)N2CCCC2C(=O)O)cc1OC. The molecule has 144 valence electrons. The zero-order valence-electron chi connectivity index (χ0n) is 15.4. The van der Waals surface area contributed by atoms with Crippen LogP contribution in [0.2, 0.25) is 0 Å². The Morgan fingerprint density at radius 2 is 2.07 bits per heavy atom. The molecule has 7 heteroatoms. The Morgan fingerprint density at radius 3 is 2.70 bits per heavy atom. The number of aromatic nitrogens is 1. The fourth-order valence-corrected chi connectivity index (χ4v) is 4.26. The monoisotopic (exact) mass is 434 g/mol. The number of methoxy groups -OCH3 is 2. The number of likely N-dealkylation sites (tertiary alicyclic amines) is 1. The van der Waals surface area contributed by atoms with E-state index < -0.39 is 12.0 Å². The molecule has 0 spiro atoms. The Labute approximate surface area is 167 Å². The smallest absolute Gasteiger partial charge is 0.320 e. The topological polar surface area (TPSA) is 71.9 Å². The summed E-state index contributed by atoms with van der Waals surface area (Å²) in [6.07, 6.45) is 3.88. The number of rotatable bonds is 7. The van der Waals surface area contributed by atoms with E-state index in [2.05, 4.69) is 25.8 Å². The first-order chi connectivity index (χ1) is 13.0. The van der Waals surface area contributed by atoms with Crippen molar-refractivity contribution in [2.45, 2.75) is 31.3 Å². The third-order valence-corrected chi connectivity index (χ3v) is 5.66. The molecule has 1 aromatic heterocycles. The number of carboxylic acids is 1. The maximum atomic E-state index is 11.8. The van der Waals surface area contributed by atoms with Gasteiger partial charge in [-0.3, -0.25) is 14.7 Å². The standard InChI is InChI=1S/C20H23BrN2O4/c1-26-18-11-14(15(21)12-19(18)27-2)17(10-13-6-3-4-8-22-13)23-9-5-7-16(23)20(24)25/h3-4,6,8,11-12,16-17H,5,7,9-10H2,1-2H3,(H,24,25). The summed E-state index contributed by atoms with van der Waals surface area (Å²) in [6.45, 7) is 0.731. The highest BCUT2D eigenvalue weighted by Gasteiger charge is 2.37. The Hall–Kier alpha value is -2.12. The first-order valence-electron chi connectivity index (χ1n) is 8.85. The number of carbonyl (C=O) groups is 1. The van der Waals surface area contributed by atoms with Gasteiger partial charge >= 0.3 is 5.97 Å². The van der Waals surface area contributed by atoms with Gasteiger partial charge in [-0.25, -0.2) is 0 Å². The van der Waals surface area contributed by atoms with E-state index in [1.165, 1.54) is 0 Å². The van der Waals surface area contributed by atoms with Crippen LogP contribution in [0.25, 0.3) is 0 Å². The van der Waals surface area contributed by atoms with E-state index in [1.54, 1.807) is 20.4 Å². The summed E-state index contributed by atoms with van der Waals surface area (Å²) in [5, 5.41) is 9.68. The Balaban J connectivity index is 2.05. The summed E-state index contributed by atoms with van der Waals surface area (Å²) in [5.41, 5.74) is 1.88. The summed E-state index contributed by atoms with van der Waals surface area (Å²) in [7, 11) is 3.19. The molecule has 2 atom stereocenters. The van der Waals surface area contributed by atoms with E-state index in [-0.39, 0.29) is 6.04 Å². The van der Waals surface area contributed by atoms with Crippen molar-refractivity contribution in [2.24, 2.45) is 0 Å². The summed E-state index contributed by atoms with van der Waals surface area (Å²) >= 11 is 3.64. The van der Waals surface area contributed by atoms with Crippen molar-refractivity contribution < 1.29 is 19.4 Å². The molecule has 6 nitrogen and oxygen atoms in total. The molecule has 1 aromatic carbocycles. The van der Waals surface area contributed by atoms with E-state index in [0.717, 1.165) is 28.7 Å². The van der Waals surface area contributed by atoms with Crippen molar-refractivity contribution in [3.05, 3.63) is 52.3 Å². The second-order valence-electron chi connectivity index (χ2n) is 6.50. The average molecular weight is 435 g/mol. The van der Waals surface area contributed by atoms with Gasteiger partial charge < -0.3 is 14.6 Å². The van der Waals surface area contributed by atoms with Gasteiger partial charge in [0.15, 0.2) is 11.5 Å². The highest BCUT2D eigenvalue weighted by Crippen LogP contribution is 2.41. The van der Waals surface area contributed by atoms with Crippen molar-refractivity contribution in [3.63, 3.8) is 0 Å². The first kappa shape index (κ1) is 19.6. The van der Waals surface area contributed by atoms with Gasteiger partial charge in [0.05, 0.1) is 14.2 Å². The minimum absolute atomic E-state index is 0.141. The molecule has 3 rings (SSSR count). The van der Waals surface area contributed by atoms with Crippen LogP contribution in [-0.4, -0.2) is 47.8 Å². The molecule has 0 saturated carbocycles. The van der Waals surface area contributed by atoms with Gasteiger partial charge in [-0.1, -0.05) is 22.0 Å². The van der Waals surface area contributed by atoms with Gasteiger partial charge in [-0.05, 0) is 49.2 Å². The number of pyridine rings is 1. The van der Waals surface area contributed by atoms with Crippen molar-refractivity contribution >= 4 is 21.9 Å². The van der Waals surface area contributed by atoms with Crippen molar-refractivity contribution in [1.29, 1.82) is 0 Å². The van der Waals surface area contributed by atoms with Crippen LogP contribution in [0.15, 0.2) is 41.0 Å². The zero-order chi connectivity index (χ0) is 19.4. The summed E-state index contributed by atoms with van der Waals surface area (Å²) < 4.78 is 11.7. The van der Waals surface area contributed by atoms with Crippen LogP contribution < -0.4 is 9.47 Å². The second kappa shape index (κ2) is 8.71. The van der Waals surface area contributed by atoms with Crippen LogP contribution in [0.1, 0.15) is 30.1 Å². The maximum absolute atomic E-state index is 11.8. The first-order valence-corrected chi connectivity index (χ1v) is 9.64. The van der Waals surface area contributed by atoms with E-state index in [1.807, 2.05) is 30.3 Å². The molecule has 0 amide bonds. The predicted octanol–water partition coefficient (Wildman–Crippen LogP) is 3.69. The fraction of sp³-hybridized carbons (Fsp3) is 0.400. The molecule has 1 saturated heterocycles.